The molecule has 4 nitrogen and oxygen atoms in total. The highest BCUT2D eigenvalue weighted by Gasteiger charge is 2.34. The molecule has 1 aliphatic rings. The minimum atomic E-state index is -4.66. The maximum atomic E-state index is 13.3. The molecule has 9 heteroatoms. The molecule has 0 unspecified atom stereocenters. The molecule has 0 spiro atoms. The van der Waals surface area contributed by atoms with Crippen molar-refractivity contribution in [1.82, 2.24) is 14.9 Å². The third-order valence-electron chi connectivity index (χ3n) is 4.94. The Hall–Kier alpha value is -2.16. The van der Waals surface area contributed by atoms with Crippen LogP contribution in [0.3, 0.4) is 0 Å². The molecule has 3 rings (SSSR count). The standard InChI is InChI=1S/C20H21F4N3OS/c1-12-4-3-5-13(2)27(12)18(28)11-29-19-25-16(10-17(26-19)20(22,23)24)14-6-8-15(21)9-7-14/h6-10,12-13H,3-5,11H2,1-2H3/t12-,13+. The van der Waals surface area contributed by atoms with Crippen molar-refractivity contribution in [2.75, 3.05) is 5.75 Å². The first-order chi connectivity index (χ1) is 13.6. The van der Waals surface area contributed by atoms with Crippen LogP contribution in [0.4, 0.5) is 17.6 Å². The molecule has 29 heavy (non-hydrogen) atoms. The number of alkyl halides is 3. The zero-order valence-electron chi connectivity index (χ0n) is 16.0. The third kappa shape index (κ3) is 5.26. The van der Waals surface area contributed by atoms with Crippen LogP contribution >= 0.6 is 11.8 Å². The summed E-state index contributed by atoms with van der Waals surface area (Å²) in [5.41, 5.74) is -0.728. The molecule has 1 aliphatic heterocycles. The zero-order valence-corrected chi connectivity index (χ0v) is 16.9. The lowest BCUT2D eigenvalue weighted by molar-refractivity contribution is -0.141. The van der Waals surface area contributed by atoms with Gasteiger partial charge in [0.2, 0.25) is 5.91 Å². The number of carbonyl (C=O) groups is 1. The number of nitrogens with zero attached hydrogens (tertiary/aromatic N) is 3. The van der Waals surface area contributed by atoms with Crippen molar-refractivity contribution in [3.05, 3.63) is 41.8 Å². The zero-order chi connectivity index (χ0) is 21.2. The van der Waals surface area contributed by atoms with Crippen LogP contribution in [0.2, 0.25) is 0 Å². The van der Waals surface area contributed by atoms with E-state index in [4.69, 9.17) is 0 Å². The van der Waals surface area contributed by atoms with Gasteiger partial charge < -0.3 is 4.90 Å². The van der Waals surface area contributed by atoms with Crippen molar-refractivity contribution in [2.24, 2.45) is 0 Å². The van der Waals surface area contributed by atoms with Crippen molar-refractivity contribution < 1.29 is 22.4 Å². The largest absolute Gasteiger partial charge is 0.433 e. The summed E-state index contributed by atoms with van der Waals surface area (Å²) in [7, 11) is 0. The van der Waals surface area contributed by atoms with Crippen LogP contribution in [-0.2, 0) is 11.0 Å². The molecule has 0 aliphatic carbocycles. The molecule has 1 aromatic heterocycles. The summed E-state index contributed by atoms with van der Waals surface area (Å²) in [6.07, 6.45) is -1.78. The highest BCUT2D eigenvalue weighted by atomic mass is 32.2. The fourth-order valence-corrected chi connectivity index (χ4v) is 4.24. The number of thioether (sulfide) groups is 1. The van der Waals surface area contributed by atoms with E-state index in [9.17, 15) is 22.4 Å². The summed E-state index contributed by atoms with van der Waals surface area (Å²) < 4.78 is 53.0. The Labute approximate surface area is 170 Å². The fraction of sp³-hybridized carbons (Fsp3) is 0.450. The minimum Gasteiger partial charge on any atom is -0.337 e. The molecule has 1 saturated heterocycles. The minimum absolute atomic E-state index is 0.0296. The quantitative estimate of drug-likeness (QED) is 0.383. The van der Waals surface area contributed by atoms with Crippen molar-refractivity contribution >= 4 is 17.7 Å². The Bertz CT molecular complexity index is 863. The molecule has 0 saturated carbocycles. The van der Waals surface area contributed by atoms with Crippen molar-refractivity contribution in [3.63, 3.8) is 0 Å². The van der Waals surface area contributed by atoms with Crippen LogP contribution in [0.1, 0.15) is 38.8 Å². The van der Waals surface area contributed by atoms with Gasteiger partial charge in [-0.2, -0.15) is 13.2 Å². The second kappa shape index (κ2) is 8.69. The molecule has 1 amide bonds. The van der Waals surface area contributed by atoms with Crippen LogP contribution in [0, 0.1) is 5.82 Å². The van der Waals surface area contributed by atoms with Crippen molar-refractivity contribution in [3.8, 4) is 11.3 Å². The Morgan fingerprint density at radius 1 is 1.14 bits per heavy atom. The SMILES string of the molecule is C[C@@H]1CCC[C@H](C)N1C(=O)CSc1nc(-c2ccc(F)cc2)cc(C(F)(F)F)n1. The van der Waals surface area contributed by atoms with Gasteiger partial charge in [0.25, 0.3) is 0 Å². The summed E-state index contributed by atoms with van der Waals surface area (Å²) in [5.74, 6) is -0.679. The van der Waals surface area contributed by atoms with E-state index in [2.05, 4.69) is 9.97 Å². The number of hydrogen-bond acceptors (Lipinski definition) is 4. The molecule has 1 aromatic carbocycles. The Morgan fingerprint density at radius 3 is 2.34 bits per heavy atom. The van der Waals surface area contributed by atoms with E-state index in [-0.39, 0.29) is 34.6 Å². The molecule has 0 radical (unpaired) electrons. The molecule has 2 heterocycles. The third-order valence-corrected chi connectivity index (χ3v) is 5.77. The lowest BCUT2D eigenvalue weighted by Crippen LogP contribution is -2.48. The number of halogens is 4. The van der Waals surface area contributed by atoms with Crippen molar-refractivity contribution in [2.45, 2.75) is 56.5 Å². The number of hydrogen-bond donors (Lipinski definition) is 0. The molecular formula is C20H21F4N3OS. The maximum absolute atomic E-state index is 13.3. The van der Waals surface area contributed by atoms with E-state index >= 15 is 0 Å². The van der Waals surface area contributed by atoms with E-state index in [1.807, 2.05) is 13.8 Å². The lowest BCUT2D eigenvalue weighted by atomic mass is 9.98. The average Bonchev–Trinajstić information content (AvgIpc) is 2.66. The van der Waals surface area contributed by atoms with E-state index in [1.54, 1.807) is 4.90 Å². The summed E-state index contributed by atoms with van der Waals surface area (Å²) in [6, 6.07) is 6.05. The molecule has 0 N–H and O–H groups in total. The van der Waals surface area contributed by atoms with Gasteiger partial charge in [-0.15, -0.1) is 0 Å². The van der Waals surface area contributed by atoms with Gasteiger partial charge in [-0.1, -0.05) is 11.8 Å². The van der Waals surface area contributed by atoms with Crippen LogP contribution in [0.5, 0.6) is 0 Å². The van der Waals surface area contributed by atoms with Gasteiger partial charge >= 0.3 is 6.18 Å². The van der Waals surface area contributed by atoms with Gasteiger partial charge in [0.05, 0.1) is 11.4 Å². The first kappa shape index (κ1) is 21.5. The maximum Gasteiger partial charge on any atom is 0.433 e. The number of carbonyl (C=O) groups excluding carboxylic acids is 1. The molecular weight excluding hydrogens is 406 g/mol. The van der Waals surface area contributed by atoms with E-state index < -0.39 is 17.7 Å². The number of rotatable bonds is 4. The van der Waals surface area contributed by atoms with E-state index in [0.29, 0.717) is 5.56 Å². The second-order valence-electron chi connectivity index (χ2n) is 7.14. The number of aromatic nitrogens is 2. The average molecular weight is 427 g/mol. The summed E-state index contributed by atoms with van der Waals surface area (Å²) in [6.45, 7) is 3.96. The highest BCUT2D eigenvalue weighted by Crippen LogP contribution is 2.32. The smallest absolute Gasteiger partial charge is 0.337 e. The van der Waals surface area contributed by atoms with Gasteiger partial charge in [-0.3, -0.25) is 4.79 Å². The Morgan fingerprint density at radius 2 is 1.76 bits per heavy atom. The number of piperidine rings is 1. The molecule has 1 fully saturated rings. The van der Waals surface area contributed by atoms with Crippen LogP contribution in [0.25, 0.3) is 11.3 Å². The predicted octanol–water partition coefficient (Wildman–Crippen LogP) is 5.18. The van der Waals surface area contributed by atoms with Crippen LogP contribution < -0.4 is 0 Å². The second-order valence-corrected chi connectivity index (χ2v) is 8.09. The predicted molar refractivity (Wildman–Crippen MR) is 103 cm³/mol. The first-order valence-corrected chi connectivity index (χ1v) is 10.3. The normalized spacial score (nSPS) is 20.0. The van der Waals surface area contributed by atoms with E-state index in [1.165, 1.54) is 12.1 Å². The lowest BCUT2D eigenvalue weighted by Gasteiger charge is -2.39. The Kier molecular flexibility index (Phi) is 6.45. The van der Waals surface area contributed by atoms with Crippen molar-refractivity contribution in [1.29, 1.82) is 0 Å². The van der Waals surface area contributed by atoms with Gasteiger partial charge in [0.15, 0.2) is 5.16 Å². The molecule has 156 valence electrons. The first-order valence-electron chi connectivity index (χ1n) is 9.31. The van der Waals surface area contributed by atoms with Gasteiger partial charge in [0.1, 0.15) is 11.5 Å². The summed E-state index contributed by atoms with van der Waals surface area (Å²) in [5, 5.41) is -0.134. The van der Waals surface area contributed by atoms with Gasteiger partial charge in [-0.05, 0) is 63.4 Å². The fourth-order valence-electron chi connectivity index (χ4n) is 3.52. The summed E-state index contributed by atoms with van der Waals surface area (Å²) in [4.78, 5) is 22.2. The number of amides is 1. The van der Waals surface area contributed by atoms with Gasteiger partial charge in [-0.25, -0.2) is 14.4 Å². The highest BCUT2D eigenvalue weighted by molar-refractivity contribution is 7.99. The molecule has 0 bridgehead atoms. The topological polar surface area (TPSA) is 46.1 Å². The number of likely N-dealkylation sites (tertiary alicyclic amines) is 1. The van der Waals surface area contributed by atoms with E-state index in [0.717, 1.165) is 49.2 Å². The Balaban J connectivity index is 1.83. The number of benzene rings is 1. The van der Waals surface area contributed by atoms with Crippen LogP contribution in [-0.4, -0.2) is 38.6 Å². The van der Waals surface area contributed by atoms with Crippen LogP contribution in [0.15, 0.2) is 35.5 Å². The van der Waals surface area contributed by atoms with Gasteiger partial charge in [0, 0.05) is 17.6 Å². The molecule has 2 atom stereocenters. The molecule has 2 aromatic rings. The monoisotopic (exact) mass is 427 g/mol. The summed E-state index contributed by atoms with van der Waals surface area (Å²) >= 11 is 0.881.